The van der Waals surface area contributed by atoms with Gasteiger partial charge in [0, 0.05) is 17.2 Å². The molecule has 2 rings (SSSR count). The molecule has 0 unspecified atom stereocenters. The summed E-state index contributed by atoms with van der Waals surface area (Å²) in [6.07, 6.45) is 0. The molecule has 0 saturated carbocycles. The van der Waals surface area contributed by atoms with Crippen LogP contribution < -0.4 is 20.7 Å². The first kappa shape index (κ1) is 15.2. The van der Waals surface area contributed by atoms with E-state index in [-0.39, 0.29) is 6.03 Å². The summed E-state index contributed by atoms with van der Waals surface area (Å²) < 4.78 is 5.94. The lowest BCUT2D eigenvalue weighted by molar-refractivity contribution is 0.258. The Hall–Kier alpha value is -2.21. The van der Waals surface area contributed by atoms with Crippen LogP contribution in [0.1, 0.15) is 0 Å². The van der Waals surface area contributed by atoms with Gasteiger partial charge in [-0.15, -0.1) is 0 Å². The van der Waals surface area contributed by atoms with E-state index in [1.54, 1.807) is 50.6 Å². The topological polar surface area (TPSA) is 67.6 Å². The highest BCUT2D eigenvalue weighted by molar-refractivity contribution is 9.10. The molecular weight excluding hydrogens is 334 g/mol. The smallest absolute Gasteiger partial charge is 0.326 e. The third-order valence-corrected chi connectivity index (χ3v) is 3.49. The molecule has 0 aliphatic rings. The van der Waals surface area contributed by atoms with E-state index < -0.39 is 0 Å². The average molecular weight is 350 g/mol. The Labute approximate surface area is 131 Å². The van der Waals surface area contributed by atoms with Gasteiger partial charge in [0.25, 0.3) is 0 Å². The number of benzene rings is 2. The SMILES string of the molecule is COc1ccc(NC(=O)N(C)c2ccc(Br)cc2N)cc1. The van der Waals surface area contributed by atoms with Crippen molar-refractivity contribution in [3.8, 4) is 5.75 Å². The van der Waals surface area contributed by atoms with Crippen molar-refractivity contribution >= 4 is 39.0 Å². The molecule has 0 aliphatic heterocycles. The van der Waals surface area contributed by atoms with Gasteiger partial charge in [-0.3, -0.25) is 4.90 Å². The van der Waals surface area contributed by atoms with Crippen LogP contribution >= 0.6 is 15.9 Å². The first-order valence-electron chi connectivity index (χ1n) is 6.25. The molecule has 0 aliphatic carbocycles. The highest BCUT2D eigenvalue weighted by Crippen LogP contribution is 2.26. The third kappa shape index (κ3) is 3.66. The largest absolute Gasteiger partial charge is 0.497 e. The second-order valence-corrected chi connectivity index (χ2v) is 5.34. The van der Waals surface area contributed by atoms with Crippen molar-refractivity contribution in [3.63, 3.8) is 0 Å². The minimum atomic E-state index is -0.269. The molecule has 0 heterocycles. The first-order valence-corrected chi connectivity index (χ1v) is 7.04. The van der Waals surface area contributed by atoms with E-state index in [4.69, 9.17) is 10.5 Å². The quantitative estimate of drug-likeness (QED) is 0.830. The van der Waals surface area contributed by atoms with Gasteiger partial charge in [0.05, 0.1) is 18.5 Å². The standard InChI is InChI=1S/C15H16BrN3O2/c1-19(14-8-3-10(16)9-13(14)17)15(20)18-11-4-6-12(21-2)7-5-11/h3-9H,17H2,1-2H3,(H,18,20). The van der Waals surface area contributed by atoms with Crippen molar-refractivity contribution in [2.75, 3.05) is 30.1 Å². The molecule has 0 radical (unpaired) electrons. The Morgan fingerprint density at radius 2 is 1.90 bits per heavy atom. The van der Waals surface area contributed by atoms with Crippen molar-refractivity contribution in [1.29, 1.82) is 0 Å². The van der Waals surface area contributed by atoms with Crippen molar-refractivity contribution in [1.82, 2.24) is 0 Å². The van der Waals surface area contributed by atoms with Crippen LogP contribution in [0.3, 0.4) is 0 Å². The number of halogens is 1. The fraction of sp³-hybridized carbons (Fsp3) is 0.133. The Morgan fingerprint density at radius 3 is 2.48 bits per heavy atom. The number of carbonyl (C=O) groups excluding carboxylic acids is 1. The lowest BCUT2D eigenvalue weighted by Crippen LogP contribution is -2.31. The minimum absolute atomic E-state index is 0.269. The van der Waals surface area contributed by atoms with Crippen molar-refractivity contribution in [2.24, 2.45) is 0 Å². The molecule has 0 fully saturated rings. The molecule has 0 saturated heterocycles. The van der Waals surface area contributed by atoms with Crippen LogP contribution in [0.25, 0.3) is 0 Å². The number of rotatable bonds is 3. The van der Waals surface area contributed by atoms with Crippen molar-refractivity contribution in [2.45, 2.75) is 0 Å². The summed E-state index contributed by atoms with van der Waals surface area (Å²) >= 11 is 3.34. The second-order valence-electron chi connectivity index (χ2n) is 4.42. The highest BCUT2D eigenvalue weighted by Gasteiger charge is 2.13. The van der Waals surface area contributed by atoms with Gasteiger partial charge in [-0.05, 0) is 42.5 Å². The molecule has 2 amide bonds. The lowest BCUT2D eigenvalue weighted by Gasteiger charge is -2.20. The van der Waals surface area contributed by atoms with E-state index in [1.165, 1.54) is 4.90 Å². The zero-order valence-corrected chi connectivity index (χ0v) is 13.3. The number of nitrogens with one attached hydrogen (secondary N) is 1. The number of urea groups is 1. The number of nitrogens with two attached hydrogens (primary N) is 1. The maximum absolute atomic E-state index is 12.2. The Bertz CT molecular complexity index is 644. The molecule has 21 heavy (non-hydrogen) atoms. The predicted octanol–water partition coefficient (Wildman–Crippen LogP) is 3.71. The van der Waals surface area contributed by atoms with E-state index in [0.717, 1.165) is 10.2 Å². The molecule has 3 N–H and O–H groups in total. The molecule has 0 bridgehead atoms. The zero-order valence-electron chi connectivity index (χ0n) is 11.8. The summed E-state index contributed by atoms with van der Waals surface area (Å²) in [6, 6.07) is 12.2. The number of anilines is 3. The number of ether oxygens (including phenoxy) is 1. The first-order chi connectivity index (χ1) is 10.0. The Kier molecular flexibility index (Phi) is 4.70. The minimum Gasteiger partial charge on any atom is -0.497 e. The van der Waals surface area contributed by atoms with Crippen LogP contribution in [-0.2, 0) is 0 Å². The van der Waals surface area contributed by atoms with Gasteiger partial charge in [0.15, 0.2) is 0 Å². The Balaban J connectivity index is 2.11. The lowest BCUT2D eigenvalue weighted by atomic mass is 10.2. The second kappa shape index (κ2) is 6.49. The number of hydrogen-bond acceptors (Lipinski definition) is 3. The molecule has 0 atom stereocenters. The van der Waals surface area contributed by atoms with E-state index in [0.29, 0.717) is 17.1 Å². The molecule has 0 aromatic heterocycles. The van der Waals surface area contributed by atoms with Gasteiger partial charge < -0.3 is 15.8 Å². The molecule has 110 valence electrons. The van der Waals surface area contributed by atoms with E-state index in [1.807, 2.05) is 6.07 Å². The van der Waals surface area contributed by atoms with E-state index in [2.05, 4.69) is 21.2 Å². The van der Waals surface area contributed by atoms with Gasteiger partial charge in [-0.25, -0.2) is 4.79 Å². The molecule has 2 aromatic carbocycles. The summed E-state index contributed by atoms with van der Waals surface area (Å²) in [5.41, 5.74) is 7.77. The van der Waals surface area contributed by atoms with E-state index in [9.17, 15) is 4.79 Å². The van der Waals surface area contributed by atoms with Crippen LogP contribution in [0, 0.1) is 0 Å². The maximum atomic E-state index is 12.2. The summed E-state index contributed by atoms with van der Waals surface area (Å²) in [4.78, 5) is 13.7. The van der Waals surface area contributed by atoms with Crippen LogP contribution in [0.4, 0.5) is 21.9 Å². The zero-order chi connectivity index (χ0) is 15.4. The normalized spacial score (nSPS) is 10.0. The van der Waals surface area contributed by atoms with Crippen LogP contribution in [-0.4, -0.2) is 20.2 Å². The molecule has 2 aromatic rings. The van der Waals surface area contributed by atoms with Crippen LogP contribution in [0.2, 0.25) is 0 Å². The van der Waals surface area contributed by atoms with Gasteiger partial charge in [0.1, 0.15) is 5.75 Å². The fourth-order valence-electron chi connectivity index (χ4n) is 1.82. The molecule has 5 nitrogen and oxygen atoms in total. The Morgan fingerprint density at radius 1 is 1.24 bits per heavy atom. The third-order valence-electron chi connectivity index (χ3n) is 3.00. The number of hydrogen-bond donors (Lipinski definition) is 2. The van der Waals surface area contributed by atoms with Gasteiger partial charge >= 0.3 is 6.03 Å². The molecular formula is C15H16BrN3O2. The monoisotopic (exact) mass is 349 g/mol. The molecule has 0 spiro atoms. The molecule has 6 heteroatoms. The number of nitrogens with zero attached hydrogens (tertiary/aromatic N) is 1. The highest BCUT2D eigenvalue weighted by atomic mass is 79.9. The van der Waals surface area contributed by atoms with Crippen molar-refractivity contribution in [3.05, 3.63) is 46.9 Å². The summed E-state index contributed by atoms with van der Waals surface area (Å²) in [5, 5.41) is 2.80. The van der Waals surface area contributed by atoms with Gasteiger partial charge in [-0.2, -0.15) is 0 Å². The fourth-order valence-corrected chi connectivity index (χ4v) is 2.20. The van der Waals surface area contributed by atoms with Crippen molar-refractivity contribution < 1.29 is 9.53 Å². The number of nitrogen functional groups attached to an aromatic ring is 1. The summed E-state index contributed by atoms with van der Waals surface area (Å²) in [7, 11) is 3.26. The summed E-state index contributed by atoms with van der Waals surface area (Å²) in [5.74, 6) is 0.735. The van der Waals surface area contributed by atoms with Crippen LogP contribution in [0.5, 0.6) is 5.75 Å². The number of methoxy groups -OCH3 is 1. The summed E-state index contributed by atoms with van der Waals surface area (Å²) in [6.45, 7) is 0. The number of carbonyl (C=O) groups is 1. The van der Waals surface area contributed by atoms with E-state index >= 15 is 0 Å². The maximum Gasteiger partial charge on any atom is 0.326 e. The average Bonchev–Trinajstić information content (AvgIpc) is 2.47. The van der Waals surface area contributed by atoms with Gasteiger partial charge in [-0.1, -0.05) is 15.9 Å². The van der Waals surface area contributed by atoms with Gasteiger partial charge in [0.2, 0.25) is 0 Å². The predicted molar refractivity (Wildman–Crippen MR) is 89.0 cm³/mol. The number of amides is 2. The van der Waals surface area contributed by atoms with Crippen LogP contribution in [0.15, 0.2) is 46.9 Å².